The maximum Gasteiger partial charge on any atom is 0.170 e. The van der Waals surface area contributed by atoms with Crippen molar-refractivity contribution in [3.05, 3.63) is 52.0 Å². The third-order valence-electron chi connectivity index (χ3n) is 4.08. The Hall–Kier alpha value is -1.96. The summed E-state index contributed by atoms with van der Waals surface area (Å²) in [5.74, 6) is 0.374. The van der Waals surface area contributed by atoms with Crippen LogP contribution in [0.1, 0.15) is 29.0 Å². The molecule has 0 amide bonds. The molecule has 3 N–H and O–H groups in total. The number of thiazole rings is 1. The van der Waals surface area contributed by atoms with Crippen molar-refractivity contribution >= 4 is 17.2 Å². The van der Waals surface area contributed by atoms with E-state index in [1.54, 1.807) is 6.20 Å². The third kappa shape index (κ3) is 4.53. The fraction of sp³-hybridized carbons (Fsp3) is 0.412. The SMILES string of the molecule is N/C(=N/OCc1nccs1)c1ccccc1CN1CCC(O)CC1. The minimum atomic E-state index is -0.164. The summed E-state index contributed by atoms with van der Waals surface area (Å²) in [6.45, 7) is 2.91. The summed E-state index contributed by atoms with van der Waals surface area (Å²) >= 11 is 1.52. The van der Waals surface area contributed by atoms with Crippen LogP contribution in [-0.4, -0.2) is 40.0 Å². The number of rotatable bonds is 6. The van der Waals surface area contributed by atoms with Crippen molar-refractivity contribution in [3.63, 3.8) is 0 Å². The van der Waals surface area contributed by atoms with Gasteiger partial charge in [0, 0.05) is 36.8 Å². The summed E-state index contributed by atoms with van der Waals surface area (Å²) in [5.41, 5.74) is 8.12. The highest BCUT2D eigenvalue weighted by atomic mass is 32.1. The minimum Gasteiger partial charge on any atom is -0.393 e. The standard InChI is InChI=1S/C17H22N4O2S/c18-17(20-23-12-16-19-7-10-24-16)15-4-2-1-3-13(15)11-21-8-5-14(22)6-9-21/h1-4,7,10,14,22H,5-6,8-9,11-12H2,(H2,18,20). The largest absolute Gasteiger partial charge is 0.393 e. The van der Waals surface area contributed by atoms with Gasteiger partial charge in [-0.15, -0.1) is 11.3 Å². The first-order chi connectivity index (χ1) is 11.7. The lowest BCUT2D eigenvalue weighted by atomic mass is 10.0. The molecular weight excluding hydrogens is 324 g/mol. The van der Waals surface area contributed by atoms with Gasteiger partial charge in [0.2, 0.25) is 0 Å². The molecule has 0 atom stereocenters. The van der Waals surface area contributed by atoms with Gasteiger partial charge >= 0.3 is 0 Å². The number of hydrogen-bond acceptors (Lipinski definition) is 6. The van der Waals surface area contributed by atoms with Gasteiger partial charge in [-0.1, -0.05) is 29.4 Å². The maximum absolute atomic E-state index is 9.62. The molecule has 1 aliphatic heterocycles. The van der Waals surface area contributed by atoms with Crippen LogP contribution in [0, 0.1) is 0 Å². The Morgan fingerprint density at radius 2 is 2.17 bits per heavy atom. The van der Waals surface area contributed by atoms with Gasteiger partial charge in [0.15, 0.2) is 12.4 Å². The van der Waals surface area contributed by atoms with Gasteiger partial charge in [0.1, 0.15) is 5.01 Å². The molecule has 1 aromatic heterocycles. The van der Waals surface area contributed by atoms with E-state index in [1.807, 2.05) is 23.6 Å². The average Bonchev–Trinajstić information content (AvgIpc) is 3.11. The van der Waals surface area contributed by atoms with Gasteiger partial charge in [-0.05, 0) is 18.4 Å². The number of amidine groups is 1. The molecule has 24 heavy (non-hydrogen) atoms. The Morgan fingerprint density at radius 1 is 1.38 bits per heavy atom. The molecule has 1 aliphatic rings. The maximum atomic E-state index is 9.62. The van der Waals surface area contributed by atoms with Crippen LogP contribution in [0.5, 0.6) is 0 Å². The van der Waals surface area contributed by atoms with Gasteiger partial charge in [-0.3, -0.25) is 4.90 Å². The van der Waals surface area contributed by atoms with Crippen LogP contribution in [0.2, 0.25) is 0 Å². The molecule has 2 aromatic rings. The van der Waals surface area contributed by atoms with Crippen LogP contribution in [0.15, 0.2) is 41.0 Å². The van der Waals surface area contributed by atoms with Gasteiger partial charge in [0.25, 0.3) is 0 Å². The Kier molecular flexibility index (Phi) is 5.79. The van der Waals surface area contributed by atoms with E-state index in [0.717, 1.165) is 48.6 Å². The molecule has 1 fully saturated rings. The Balaban J connectivity index is 1.64. The van der Waals surface area contributed by atoms with Crippen LogP contribution in [0.25, 0.3) is 0 Å². The zero-order valence-electron chi connectivity index (χ0n) is 13.5. The summed E-state index contributed by atoms with van der Waals surface area (Å²) in [6, 6.07) is 7.96. The number of aromatic nitrogens is 1. The second kappa shape index (κ2) is 8.23. The number of likely N-dealkylation sites (tertiary alicyclic amines) is 1. The number of aliphatic hydroxyl groups is 1. The van der Waals surface area contributed by atoms with E-state index in [-0.39, 0.29) is 6.10 Å². The summed E-state index contributed by atoms with van der Waals surface area (Å²) in [7, 11) is 0. The fourth-order valence-electron chi connectivity index (χ4n) is 2.76. The smallest absolute Gasteiger partial charge is 0.170 e. The van der Waals surface area contributed by atoms with Crippen molar-refractivity contribution in [2.24, 2.45) is 10.9 Å². The van der Waals surface area contributed by atoms with E-state index in [9.17, 15) is 5.11 Å². The second-order valence-electron chi connectivity index (χ2n) is 5.84. The van der Waals surface area contributed by atoms with Crippen molar-refractivity contribution < 1.29 is 9.94 Å². The summed E-state index contributed by atoms with van der Waals surface area (Å²) in [5, 5.41) is 16.4. The lowest BCUT2D eigenvalue weighted by molar-refractivity contribution is 0.0792. The molecule has 0 saturated carbocycles. The van der Waals surface area contributed by atoms with Gasteiger partial charge in [-0.25, -0.2) is 4.98 Å². The highest BCUT2D eigenvalue weighted by Gasteiger charge is 2.18. The predicted molar refractivity (Wildman–Crippen MR) is 94.6 cm³/mol. The molecule has 0 aliphatic carbocycles. The molecule has 128 valence electrons. The normalized spacial score (nSPS) is 17.1. The average molecular weight is 346 g/mol. The van der Waals surface area contributed by atoms with Crippen molar-refractivity contribution in [1.82, 2.24) is 9.88 Å². The molecule has 0 unspecified atom stereocenters. The van der Waals surface area contributed by atoms with Crippen LogP contribution in [0.3, 0.4) is 0 Å². The molecule has 0 radical (unpaired) electrons. The zero-order chi connectivity index (χ0) is 16.8. The summed E-state index contributed by atoms with van der Waals surface area (Å²) in [4.78, 5) is 11.8. The van der Waals surface area contributed by atoms with Gasteiger partial charge < -0.3 is 15.7 Å². The van der Waals surface area contributed by atoms with Gasteiger partial charge in [0.05, 0.1) is 6.10 Å². The molecule has 3 rings (SSSR count). The van der Waals surface area contributed by atoms with Crippen molar-refractivity contribution in [2.75, 3.05) is 13.1 Å². The quantitative estimate of drug-likeness (QED) is 0.474. The van der Waals surface area contributed by atoms with E-state index in [4.69, 9.17) is 10.6 Å². The number of nitrogens with two attached hydrogens (primary N) is 1. The first-order valence-corrected chi connectivity index (χ1v) is 8.93. The topological polar surface area (TPSA) is 84.0 Å². The number of benzene rings is 1. The second-order valence-corrected chi connectivity index (χ2v) is 6.82. The number of piperidine rings is 1. The van der Waals surface area contributed by atoms with Crippen molar-refractivity contribution in [2.45, 2.75) is 32.1 Å². The Morgan fingerprint density at radius 3 is 2.92 bits per heavy atom. The molecule has 2 heterocycles. The number of aliphatic hydroxyl groups excluding tert-OH is 1. The first kappa shape index (κ1) is 16.9. The lowest BCUT2D eigenvalue weighted by Crippen LogP contribution is -2.35. The van der Waals surface area contributed by atoms with Crippen molar-refractivity contribution in [1.29, 1.82) is 0 Å². The van der Waals surface area contributed by atoms with E-state index >= 15 is 0 Å². The highest BCUT2D eigenvalue weighted by molar-refractivity contribution is 7.09. The first-order valence-electron chi connectivity index (χ1n) is 8.05. The van der Waals surface area contributed by atoms with Crippen LogP contribution < -0.4 is 5.73 Å². The molecular formula is C17H22N4O2S. The zero-order valence-corrected chi connectivity index (χ0v) is 14.3. The van der Waals surface area contributed by atoms with Crippen molar-refractivity contribution in [3.8, 4) is 0 Å². The summed E-state index contributed by atoms with van der Waals surface area (Å²) in [6.07, 6.45) is 3.22. The number of nitrogens with zero attached hydrogens (tertiary/aromatic N) is 3. The van der Waals surface area contributed by atoms with Crippen LogP contribution in [-0.2, 0) is 18.0 Å². The Labute approximate surface area is 145 Å². The third-order valence-corrected chi connectivity index (χ3v) is 4.83. The molecule has 6 nitrogen and oxygen atoms in total. The van der Waals surface area contributed by atoms with Crippen LogP contribution >= 0.6 is 11.3 Å². The summed E-state index contributed by atoms with van der Waals surface area (Å²) < 4.78 is 0. The number of oxime groups is 1. The predicted octanol–water partition coefficient (Wildman–Crippen LogP) is 1.94. The minimum absolute atomic E-state index is 0.164. The van der Waals surface area contributed by atoms with E-state index in [1.165, 1.54) is 11.3 Å². The molecule has 1 aromatic carbocycles. The lowest BCUT2D eigenvalue weighted by Gasteiger charge is -2.30. The van der Waals surface area contributed by atoms with Crippen LogP contribution in [0.4, 0.5) is 0 Å². The fourth-order valence-corrected chi connectivity index (χ4v) is 3.28. The molecule has 1 saturated heterocycles. The van der Waals surface area contributed by atoms with E-state index in [0.29, 0.717) is 12.4 Å². The molecule has 0 bridgehead atoms. The number of hydrogen-bond donors (Lipinski definition) is 2. The van der Waals surface area contributed by atoms with E-state index in [2.05, 4.69) is 21.1 Å². The van der Waals surface area contributed by atoms with Gasteiger partial charge in [-0.2, -0.15) is 0 Å². The molecule has 0 spiro atoms. The highest BCUT2D eigenvalue weighted by Crippen LogP contribution is 2.17. The monoisotopic (exact) mass is 346 g/mol. The Bertz CT molecular complexity index is 667. The van der Waals surface area contributed by atoms with E-state index < -0.39 is 0 Å². The molecule has 7 heteroatoms.